The summed E-state index contributed by atoms with van der Waals surface area (Å²) in [4.78, 5) is 11.8. The SMILES string of the molecule is O=C(CSc1nnnn1-c1cccc(F)c1)O[C@@H]1CCS(=O)(=O)C1. The molecule has 0 bridgehead atoms. The second-order valence-corrected chi connectivity index (χ2v) is 8.33. The first-order chi connectivity index (χ1) is 11.4. The summed E-state index contributed by atoms with van der Waals surface area (Å²) in [6.07, 6.45) is -0.276. The molecule has 128 valence electrons. The van der Waals surface area contributed by atoms with E-state index in [1.54, 1.807) is 6.07 Å². The van der Waals surface area contributed by atoms with Gasteiger partial charge < -0.3 is 4.74 Å². The molecular weight excluding hydrogens is 359 g/mol. The van der Waals surface area contributed by atoms with Crippen molar-refractivity contribution in [3.05, 3.63) is 30.1 Å². The molecule has 0 aliphatic carbocycles. The molecule has 1 aliphatic rings. The minimum absolute atomic E-state index is 0.0376. The third-order valence-corrected chi connectivity index (χ3v) is 5.93. The van der Waals surface area contributed by atoms with Crippen LogP contribution in [-0.4, -0.2) is 58.0 Å². The molecule has 1 aromatic carbocycles. The standard InChI is InChI=1S/C13H13FN4O4S2/c14-9-2-1-3-10(6-9)18-13(15-16-17-18)23-7-12(19)22-11-4-5-24(20,21)8-11/h1-3,6,11H,4-5,7-8H2/t11-/m1/s1. The number of aromatic nitrogens is 4. The summed E-state index contributed by atoms with van der Waals surface area (Å²) in [7, 11) is -3.10. The van der Waals surface area contributed by atoms with Gasteiger partial charge in [0, 0.05) is 0 Å². The van der Waals surface area contributed by atoms with E-state index in [9.17, 15) is 17.6 Å². The van der Waals surface area contributed by atoms with Crippen LogP contribution >= 0.6 is 11.8 Å². The van der Waals surface area contributed by atoms with Crippen LogP contribution in [0.1, 0.15) is 6.42 Å². The number of hydrogen-bond donors (Lipinski definition) is 0. The highest BCUT2D eigenvalue weighted by molar-refractivity contribution is 7.99. The highest BCUT2D eigenvalue weighted by Crippen LogP contribution is 2.20. The number of thioether (sulfide) groups is 1. The predicted molar refractivity (Wildman–Crippen MR) is 83.0 cm³/mol. The van der Waals surface area contributed by atoms with Gasteiger partial charge >= 0.3 is 5.97 Å². The van der Waals surface area contributed by atoms with Crippen molar-refractivity contribution in [1.82, 2.24) is 20.2 Å². The molecular formula is C13H13FN4O4S2. The van der Waals surface area contributed by atoms with E-state index in [1.807, 2.05) is 0 Å². The molecule has 1 fully saturated rings. The normalized spacial score (nSPS) is 19.3. The van der Waals surface area contributed by atoms with Crippen molar-refractivity contribution < 1.29 is 22.3 Å². The molecule has 0 spiro atoms. The fraction of sp³-hybridized carbons (Fsp3) is 0.385. The molecule has 3 rings (SSSR count). The molecule has 0 unspecified atom stereocenters. The first kappa shape index (κ1) is 16.8. The second kappa shape index (κ2) is 6.85. The van der Waals surface area contributed by atoms with Crippen molar-refractivity contribution in [1.29, 1.82) is 0 Å². The van der Waals surface area contributed by atoms with Gasteiger partial charge in [-0.15, -0.1) is 5.10 Å². The Labute approximate surface area is 141 Å². The molecule has 2 heterocycles. The van der Waals surface area contributed by atoms with Crippen LogP contribution in [-0.2, 0) is 19.4 Å². The van der Waals surface area contributed by atoms with Gasteiger partial charge in [-0.1, -0.05) is 17.8 Å². The lowest BCUT2D eigenvalue weighted by Crippen LogP contribution is -2.20. The van der Waals surface area contributed by atoms with E-state index in [1.165, 1.54) is 22.9 Å². The van der Waals surface area contributed by atoms with Crippen molar-refractivity contribution in [2.45, 2.75) is 17.7 Å². The van der Waals surface area contributed by atoms with Gasteiger partial charge in [-0.3, -0.25) is 4.79 Å². The number of benzene rings is 1. The molecule has 24 heavy (non-hydrogen) atoms. The van der Waals surface area contributed by atoms with Crippen LogP contribution in [0, 0.1) is 5.82 Å². The largest absolute Gasteiger partial charge is 0.461 e. The molecule has 1 aromatic heterocycles. The third-order valence-electron chi connectivity index (χ3n) is 3.30. The first-order valence-electron chi connectivity index (χ1n) is 7.00. The fourth-order valence-electron chi connectivity index (χ4n) is 2.24. The summed E-state index contributed by atoms with van der Waals surface area (Å²) in [5, 5.41) is 11.4. The maximum atomic E-state index is 13.3. The zero-order valence-electron chi connectivity index (χ0n) is 12.3. The van der Waals surface area contributed by atoms with Crippen molar-refractivity contribution >= 4 is 27.6 Å². The van der Waals surface area contributed by atoms with E-state index in [4.69, 9.17) is 4.74 Å². The molecule has 8 nitrogen and oxygen atoms in total. The lowest BCUT2D eigenvalue weighted by Gasteiger charge is -2.09. The quantitative estimate of drug-likeness (QED) is 0.556. The van der Waals surface area contributed by atoms with Crippen molar-refractivity contribution in [2.24, 2.45) is 0 Å². The maximum absolute atomic E-state index is 13.3. The van der Waals surface area contributed by atoms with Gasteiger partial charge in [-0.25, -0.2) is 12.8 Å². The molecule has 0 saturated carbocycles. The number of halogens is 1. The summed E-state index contributed by atoms with van der Waals surface area (Å²) in [6, 6.07) is 5.72. The molecule has 1 atom stereocenters. The van der Waals surface area contributed by atoms with Crippen LogP contribution in [0.15, 0.2) is 29.4 Å². The van der Waals surface area contributed by atoms with E-state index >= 15 is 0 Å². The zero-order valence-corrected chi connectivity index (χ0v) is 14.0. The minimum Gasteiger partial charge on any atom is -0.461 e. The summed E-state index contributed by atoms with van der Waals surface area (Å²) in [5.41, 5.74) is 0.428. The van der Waals surface area contributed by atoms with Crippen LogP contribution in [0.25, 0.3) is 5.69 Å². The minimum atomic E-state index is -3.10. The molecule has 2 aromatic rings. The van der Waals surface area contributed by atoms with Crippen LogP contribution in [0.4, 0.5) is 4.39 Å². The fourth-order valence-corrected chi connectivity index (χ4v) is 4.50. The number of tetrazole rings is 1. The third kappa shape index (κ3) is 4.09. The molecule has 1 aliphatic heterocycles. The number of carbonyl (C=O) groups excluding carboxylic acids is 1. The topological polar surface area (TPSA) is 104 Å². The number of nitrogens with zero attached hydrogens (tertiary/aromatic N) is 4. The smallest absolute Gasteiger partial charge is 0.316 e. The number of esters is 1. The molecule has 0 N–H and O–H groups in total. The molecule has 11 heteroatoms. The predicted octanol–water partition coefficient (Wildman–Crippen LogP) is 0.624. The van der Waals surface area contributed by atoms with Crippen LogP contribution in [0.3, 0.4) is 0 Å². The Morgan fingerprint density at radius 3 is 3.00 bits per heavy atom. The second-order valence-electron chi connectivity index (χ2n) is 5.16. The van der Waals surface area contributed by atoms with E-state index < -0.39 is 27.7 Å². The van der Waals surface area contributed by atoms with Crippen molar-refractivity contribution in [2.75, 3.05) is 17.3 Å². The first-order valence-corrected chi connectivity index (χ1v) is 9.81. The monoisotopic (exact) mass is 372 g/mol. The lowest BCUT2D eigenvalue weighted by atomic mass is 10.3. The van der Waals surface area contributed by atoms with Gasteiger partial charge in [0.15, 0.2) is 9.84 Å². The summed E-state index contributed by atoms with van der Waals surface area (Å²) in [6.45, 7) is 0. The van der Waals surface area contributed by atoms with Crippen LogP contribution < -0.4 is 0 Å². The van der Waals surface area contributed by atoms with Gasteiger partial charge in [-0.2, -0.15) is 4.68 Å². The van der Waals surface area contributed by atoms with E-state index in [-0.39, 0.29) is 17.3 Å². The highest BCUT2D eigenvalue weighted by Gasteiger charge is 2.30. The number of hydrogen-bond acceptors (Lipinski definition) is 8. The lowest BCUT2D eigenvalue weighted by molar-refractivity contribution is -0.144. The molecule has 0 radical (unpaired) electrons. The highest BCUT2D eigenvalue weighted by atomic mass is 32.2. The molecule has 1 saturated heterocycles. The van der Waals surface area contributed by atoms with Crippen LogP contribution in [0.5, 0.6) is 0 Å². The zero-order chi connectivity index (χ0) is 17.2. The van der Waals surface area contributed by atoms with E-state index in [0.717, 1.165) is 11.8 Å². The number of carbonyl (C=O) groups is 1. The Balaban J connectivity index is 1.60. The van der Waals surface area contributed by atoms with Gasteiger partial charge in [-0.05, 0) is 35.0 Å². The van der Waals surface area contributed by atoms with Crippen LogP contribution in [0.2, 0.25) is 0 Å². The van der Waals surface area contributed by atoms with Gasteiger partial charge in [0.2, 0.25) is 5.16 Å². The average molecular weight is 372 g/mol. The summed E-state index contributed by atoms with van der Waals surface area (Å²) >= 11 is 1.03. The van der Waals surface area contributed by atoms with Gasteiger partial charge in [0.25, 0.3) is 0 Å². The number of rotatable bonds is 5. The number of ether oxygens (including phenoxy) is 1. The summed E-state index contributed by atoms with van der Waals surface area (Å²) in [5.74, 6) is -1.15. The van der Waals surface area contributed by atoms with Gasteiger partial charge in [0.05, 0.1) is 22.9 Å². The Kier molecular flexibility index (Phi) is 4.81. The Morgan fingerprint density at radius 1 is 1.46 bits per heavy atom. The maximum Gasteiger partial charge on any atom is 0.316 e. The van der Waals surface area contributed by atoms with E-state index in [0.29, 0.717) is 17.3 Å². The molecule has 0 amide bonds. The van der Waals surface area contributed by atoms with Crippen molar-refractivity contribution in [3.63, 3.8) is 0 Å². The van der Waals surface area contributed by atoms with Gasteiger partial charge in [0.1, 0.15) is 11.9 Å². The summed E-state index contributed by atoms with van der Waals surface area (Å²) < 4.78 is 42.4. The van der Waals surface area contributed by atoms with Crippen molar-refractivity contribution in [3.8, 4) is 5.69 Å². The average Bonchev–Trinajstić information content (AvgIpc) is 3.11. The number of sulfone groups is 1. The Hall–Kier alpha value is -2.01. The Bertz CT molecular complexity index is 855. The Morgan fingerprint density at radius 2 is 2.29 bits per heavy atom. The van der Waals surface area contributed by atoms with E-state index in [2.05, 4.69) is 15.5 Å².